The Morgan fingerprint density at radius 1 is 1.08 bits per heavy atom. The van der Waals surface area contributed by atoms with Gasteiger partial charge in [-0.05, 0) is 17.2 Å². The van der Waals surface area contributed by atoms with Gasteiger partial charge in [0.05, 0.1) is 5.56 Å². The van der Waals surface area contributed by atoms with E-state index in [-0.39, 0.29) is 18.1 Å². The molecule has 0 amide bonds. The molecule has 1 saturated heterocycles. The first-order chi connectivity index (χ1) is 12.3. The van der Waals surface area contributed by atoms with E-state index in [1.165, 1.54) is 12.1 Å². The average Bonchev–Trinajstić information content (AvgIpc) is 2.57. The van der Waals surface area contributed by atoms with Gasteiger partial charge < -0.3 is 4.79 Å². The van der Waals surface area contributed by atoms with Crippen molar-refractivity contribution in [2.75, 3.05) is 13.1 Å². The van der Waals surface area contributed by atoms with Gasteiger partial charge in [-0.1, -0.05) is 42.5 Å². The van der Waals surface area contributed by atoms with Crippen LogP contribution >= 0.6 is 0 Å². The molecule has 0 radical (unpaired) electrons. The van der Waals surface area contributed by atoms with Crippen LogP contribution in [0.15, 0.2) is 48.5 Å². The van der Waals surface area contributed by atoms with Crippen molar-refractivity contribution in [3.05, 3.63) is 70.8 Å². The van der Waals surface area contributed by atoms with E-state index < -0.39 is 11.7 Å². The lowest BCUT2D eigenvalue weighted by atomic mass is 9.99. The SMILES string of the molecule is O=CC1CN(Cc2ccc(C(=O)Cc3cccc(C(F)(F)F)c3)cc2)C1. The maximum Gasteiger partial charge on any atom is 0.416 e. The third-order valence-electron chi connectivity index (χ3n) is 4.48. The Bertz CT molecular complexity index is 793. The van der Waals surface area contributed by atoms with Crippen LogP contribution in [0.2, 0.25) is 0 Å². The molecular weight excluding hydrogens is 343 g/mol. The van der Waals surface area contributed by atoms with Crippen LogP contribution in [0, 0.1) is 5.92 Å². The van der Waals surface area contributed by atoms with Crippen molar-refractivity contribution in [3.8, 4) is 0 Å². The van der Waals surface area contributed by atoms with Gasteiger partial charge in [0, 0.05) is 37.5 Å². The van der Waals surface area contributed by atoms with Crippen LogP contribution in [-0.4, -0.2) is 30.1 Å². The second-order valence-corrected chi connectivity index (χ2v) is 6.59. The molecule has 1 aliphatic heterocycles. The molecular formula is C20H18F3NO2. The van der Waals surface area contributed by atoms with Gasteiger partial charge in [-0.3, -0.25) is 9.69 Å². The number of carbonyl (C=O) groups is 2. The fourth-order valence-corrected chi connectivity index (χ4v) is 3.02. The number of nitrogens with zero attached hydrogens (tertiary/aromatic N) is 1. The molecule has 136 valence electrons. The number of hydrogen-bond donors (Lipinski definition) is 0. The minimum absolute atomic E-state index is 0.0730. The number of alkyl halides is 3. The summed E-state index contributed by atoms with van der Waals surface area (Å²) in [6, 6.07) is 11.9. The number of aldehydes is 1. The van der Waals surface area contributed by atoms with Crippen molar-refractivity contribution in [1.82, 2.24) is 4.90 Å². The second kappa shape index (κ2) is 7.41. The molecule has 0 saturated carbocycles. The molecule has 0 unspecified atom stereocenters. The molecule has 2 aromatic carbocycles. The van der Waals surface area contributed by atoms with Gasteiger partial charge >= 0.3 is 6.18 Å². The molecule has 1 fully saturated rings. The fraction of sp³-hybridized carbons (Fsp3) is 0.300. The Morgan fingerprint density at radius 2 is 1.77 bits per heavy atom. The zero-order chi connectivity index (χ0) is 18.7. The van der Waals surface area contributed by atoms with Crippen LogP contribution in [0.3, 0.4) is 0 Å². The monoisotopic (exact) mass is 361 g/mol. The summed E-state index contributed by atoms with van der Waals surface area (Å²) in [7, 11) is 0. The van der Waals surface area contributed by atoms with E-state index in [4.69, 9.17) is 0 Å². The Kier molecular flexibility index (Phi) is 5.23. The van der Waals surface area contributed by atoms with Gasteiger partial charge in [0.15, 0.2) is 5.78 Å². The topological polar surface area (TPSA) is 37.4 Å². The maximum atomic E-state index is 12.7. The van der Waals surface area contributed by atoms with Crippen molar-refractivity contribution in [2.24, 2.45) is 5.92 Å². The van der Waals surface area contributed by atoms with Crippen LogP contribution in [0.25, 0.3) is 0 Å². The Morgan fingerprint density at radius 3 is 2.38 bits per heavy atom. The molecule has 6 heteroatoms. The summed E-state index contributed by atoms with van der Waals surface area (Å²) in [5.74, 6) is -0.107. The van der Waals surface area contributed by atoms with Crippen molar-refractivity contribution in [1.29, 1.82) is 0 Å². The Labute approximate surface area is 149 Å². The minimum atomic E-state index is -4.42. The zero-order valence-corrected chi connectivity index (χ0v) is 14.0. The molecule has 0 spiro atoms. The van der Waals surface area contributed by atoms with Gasteiger partial charge in [0.1, 0.15) is 6.29 Å². The first-order valence-corrected chi connectivity index (χ1v) is 8.31. The minimum Gasteiger partial charge on any atom is -0.303 e. The standard InChI is InChI=1S/C20H18F3NO2/c21-20(22,23)18-3-1-2-15(8-18)9-19(26)17-6-4-14(5-7-17)10-24-11-16(12-24)13-25/h1-8,13,16H,9-12H2. The number of rotatable bonds is 6. The van der Waals surface area contributed by atoms with E-state index in [0.717, 1.165) is 37.1 Å². The molecule has 0 aromatic heterocycles. The van der Waals surface area contributed by atoms with Crippen LogP contribution in [0.4, 0.5) is 13.2 Å². The normalized spacial score (nSPS) is 15.5. The number of likely N-dealkylation sites (tertiary alicyclic amines) is 1. The summed E-state index contributed by atoms with van der Waals surface area (Å²) in [6.07, 6.45) is -3.52. The summed E-state index contributed by atoms with van der Waals surface area (Å²) in [4.78, 5) is 25.1. The highest BCUT2D eigenvalue weighted by Crippen LogP contribution is 2.29. The van der Waals surface area contributed by atoms with Gasteiger partial charge in [0.25, 0.3) is 0 Å². The van der Waals surface area contributed by atoms with Crippen molar-refractivity contribution in [3.63, 3.8) is 0 Å². The van der Waals surface area contributed by atoms with Gasteiger partial charge in [-0.2, -0.15) is 13.2 Å². The van der Waals surface area contributed by atoms with E-state index >= 15 is 0 Å². The maximum absolute atomic E-state index is 12.7. The van der Waals surface area contributed by atoms with Crippen LogP contribution < -0.4 is 0 Å². The van der Waals surface area contributed by atoms with Crippen molar-refractivity contribution >= 4 is 12.1 Å². The van der Waals surface area contributed by atoms with Crippen LogP contribution in [-0.2, 0) is 23.9 Å². The summed E-state index contributed by atoms with van der Waals surface area (Å²) in [6.45, 7) is 2.21. The molecule has 3 nitrogen and oxygen atoms in total. The first kappa shape index (κ1) is 18.3. The molecule has 1 heterocycles. The zero-order valence-electron chi connectivity index (χ0n) is 14.0. The van der Waals surface area contributed by atoms with Crippen molar-refractivity contribution < 1.29 is 22.8 Å². The van der Waals surface area contributed by atoms with Crippen molar-refractivity contribution in [2.45, 2.75) is 19.1 Å². The lowest BCUT2D eigenvalue weighted by Gasteiger charge is -2.36. The summed E-state index contributed by atoms with van der Waals surface area (Å²) in [5, 5.41) is 0. The highest BCUT2D eigenvalue weighted by molar-refractivity contribution is 5.97. The Hall–Kier alpha value is -2.47. The van der Waals surface area contributed by atoms with Gasteiger partial charge in [-0.15, -0.1) is 0 Å². The number of halogens is 3. The molecule has 0 atom stereocenters. The highest BCUT2D eigenvalue weighted by atomic mass is 19.4. The molecule has 26 heavy (non-hydrogen) atoms. The first-order valence-electron chi connectivity index (χ1n) is 8.31. The Balaban J connectivity index is 1.61. The van der Waals surface area contributed by atoms with E-state index in [1.54, 1.807) is 12.1 Å². The molecule has 3 rings (SSSR count). The molecule has 0 bridgehead atoms. The van der Waals surface area contributed by atoms with Gasteiger partial charge in [-0.25, -0.2) is 0 Å². The van der Waals surface area contributed by atoms with Gasteiger partial charge in [0.2, 0.25) is 0 Å². The second-order valence-electron chi connectivity index (χ2n) is 6.59. The van der Waals surface area contributed by atoms with E-state index in [9.17, 15) is 22.8 Å². The number of hydrogen-bond acceptors (Lipinski definition) is 3. The number of benzene rings is 2. The molecule has 1 aliphatic rings. The predicted octanol–water partition coefficient (Wildman–Crippen LogP) is 3.76. The summed E-state index contributed by atoms with van der Waals surface area (Å²) >= 11 is 0. The largest absolute Gasteiger partial charge is 0.416 e. The lowest BCUT2D eigenvalue weighted by molar-refractivity contribution is -0.137. The lowest BCUT2D eigenvalue weighted by Crippen LogP contribution is -2.46. The fourth-order valence-electron chi connectivity index (χ4n) is 3.02. The molecule has 2 aromatic rings. The molecule has 0 N–H and O–H groups in total. The third-order valence-corrected chi connectivity index (χ3v) is 4.48. The summed E-state index contributed by atoms with van der Waals surface area (Å²) < 4.78 is 38.2. The number of ketones is 1. The highest BCUT2D eigenvalue weighted by Gasteiger charge is 2.30. The predicted molar refractivity (Wildman–Crippen MR) is 90.8 cm³/mol. The average molecular weight is 361 g/mol. The van der Waals surface area contributed by atoms with E-state index in [2.05, 4.69) is 4.90 Å². The van der Waals surface area contributed by atoms with Crippen LogP contribution in [0.1, 0.15) is 27.0 Å². The van der Waals surface area contributed by atoms with E-state index in [0.29, 0.717) is 17.7 Å². The quantitative estimate of drug-likeness (QED) is 0.581. The molecule has 0 aliphatic carbocycles. The summed E-state index contributed by atoms with van der Waals surface area (Å²) in [5.41, 5.74) is 1.10. The van der Waals surface area contributed by atoms with Crippen LogP contribution in [0.5, 0.6) is 0 Å². The number of carbonyl (C=O) groups excluding carboxylic acids is 2. The third kappa shape index (κ3) is 4.38. The van der Waals surface area contributed by atoms with E-state index in [1.807, 2.05) is 12.1 Å². The smallest absolute Gasteiger partial charge is 0.303 e. The number of Topliss-reactive ketones (excluding diaryl/α,β-unsaturated/α-hetero) is 1.